The molecule has 0 atom stereocenters. The number of piperidine rings is 3. The Morgan fingerprint density at radius 3 is 1.18 bits per heavy atom. The van der Waals surface area contributed by atoms with Gasteiger partial charge in [-0.25, -0.2) is 4.98 Å². The Kier molecular flexibility index (Phi) is 34.1. The number of rotatable bonds is 11. The Morgan fingerprint density at radius 1 is 0.389 bits per heavy atom. The molecule has 19 heteroatoms. The minimum absolute atomic E-state index is 0.00701. The van der Waals surface area contributed by atoms with E-state index in [0.29, 0.717) is 19.3 Å². The number of aromatic nitrogens is 3. The lowest BCUT2D eigenvalue weighted by atomic mass is 9.85. The molecule has 3 aromatic heterocycles. The Bertz CT molecular complexity index is 3560. The van der Waals surface area contributed by atoms with Gasteiger partial charge >= 0.3 is 0 Å². The second kappa shape index (κ2) is 42.2. The third-order valence-electron chi connectivity index (χ3n) is 22.3. The number of nitrogens with zero attached hydrogens (tertiary/aromatic N) is 11. The molecule has 0 aliphatic carbocycles. The summed E-state index contributed by atoms with van der Waals surface area (Å²) in [5.74, 6) is 3.03. The fourth-order valence-electron chi connectivity index (χ4n) is 14.9. The number of benzene rings is 3. The topological polar surface area (TPSA) is 168 Å². The lowest BCUT2D eigenvalue weighted by Crippen LogP contribution is -2.52. The van der Waals surface area contributed by atoms with Crippen LogP contribution in [0.5, 0.6) is 11.5 Å². The zero-order valence-electron chi connectivity index (χ0n) is 73.7. The summed E-state index contributed by atoms with van der Waals surface area (Å²) >= 11 is 0. The van der Waals surface area contributed by atoms with Crippen molar-refractivity contribution in [3.8, 4) is 11.5 Å². The van der Waals surface area contributed by atoms with E-state index in [-0.39, 0.29) is 50.6 Å². The molecule has 19 nitrogen and oxygen atoms in total. The maximum atomic E-state index is 13.1. The molecule has 3 aromatic carbocycles. The molecule has 13 rings (SSSR count). The number of carbonyl (C=O) groups excluding carboxylic acids is 1. The third kappa shape index (κ3) is 28.6. The lowest BCUT2D eigenvalue weighted by Gasteiger charge is -2.42. The molecular formula is C94H147N11O8. The number of hydrogen-bond acceptors (Lipinski definition) is 18. The first-order valence-corrected chi connectivity index (χ1v) is 42.5. The summed E-state index contributed by atoms with van der Waals surface area (Å²) in [5.41, 5.74) is 13.7. The van der Waals surface area contributed by atoms with Crippen molar-refractivity contribution in [2.24, 2.45) is 0 Å². The van der Waals surface area contributed by atoms with Gasteiger partial charge in [0.05, 0.1) is 88.8 Å². The highest BCUT2D eigenvalue weighted by atomic mass is 16.5. The molecule has 7 saturated heterocycles. The van der Waals surface area contributed by atoms with Gasteiger partial charge in [0.15, 0.2) is 0 Å². The van der Waals surface area contributed by atoms with E-state index in [4.69, 9.17) is 23.7 Å². The summed E-state index contributed by atoms with van der Waals surface area (Å²) in [6, 6.07) is 34.9. The molecule has 7 aliphatic rings. The van der Waals surface area contributed by atoms with E-state index in [1.807, 2.05) is 49.5 Å². The summed E-state index contributed by atoms with van der Waals surface area (Å²) in [4.78, 5) is 45.4. The summed E-state index contributed by atoms with van der Waals surface area (Å²) < 4.78 is 27.7. The lowest BCUT2D eigenvalue weighted by molar-refractivity contribution is 0.0518. The number of likely N-dealkylation sites (tertiary alicyclic amines) is 1. The normalized spacial score (nSPS) is 18.4. The average Bonchev–Trinajstić information content (AvgIpc) is 0.786. The molecule has 0 saturated carbocycles. The Morgan fingerprint density at radius 2 is 0.779 bits per heavy atom. The van der Waals surface area contributed by atoms with Gasteiger partial charge in [-0.15, -0.1) is 0 Å². The maximum Gasteiger partial charge on any atom is 0.253 e. The van der Waals surface area contributed by atoms with Crippen LogP contribution in [0.2, 0.25) is 0 Å². The van der Waals surface area contributed by atoms with Gasteiger partial charge in [0, 0.05) is 162 Å². The fraction of sp³-hybridized carbons (Fsp3) is 0.638. The van der Waals surface area contributed by atoms with E-state index < -0.39 is 0 Å². The van der Waals surface area contributed by atoms with Gasteiger partial charge in [0.25, 0.3) is 5.91 Å². The molecule has 113 heavy (non-hydrogen) atoms. The molecule has 1 amide bonds. The van der Waals surface area contributed by atoms with Gasteiger partial charge in [0.1, 0.15) is 17.3 Å². The summed E-state index contributed by atoms with van der Waals surface area (Å²) in [5, 5.41) is 19.1. The molecular weight excluding hydrogens is 1410 g/mol. The monoisotopic (exact) mass is 1560 g/mol. The van der Waals surface area contributed by atoms with Crippen molar-refractivity contribution in [1.82, 2.24) is 29.7 Å². The highest BCUT2D eigenvalue weighted by Crippen LogP contribution is 2.37. The average molecular weight is 1560 g/mol. The molecule has 0 spiro atoms. The largest absolute Gasteiger partial charge is 0.494 e. The molecule has 626 valence electrons. The van der Waals surface area contributed by atoms with Crippen molar-refractivity contribution in [3.63, 3.8) is 0 Å². The summed E-state index contributed by atoms with van der Waals surface area (Å²) in [6.45, 7) is 65.7. The Hall–Kier alpha value is -7.10. The first-order valence-electron chi connectivity index (χ1n) is 42.5. The van der Waals surface area contributed by atoms with E-state index in [9.17, 15) is 15.0 Å². The maximum absolute atomic E-state index is 13.1. The number of ether oxygens (including phenoxy) is 5. The summed E-state index contributed by atoms with van der Waals surface area (Å²) in [7, 11) is 2.19. The van der Waals surface area contributed by atoms with Crippen molar-refractivity contribution >= 4 is 34.5 Å². The van der Waals surface area contributed by atoms with E-state index in [0.717, 1.165) is 223 Å². The van der Waals surface area contributed by atoms with Crippen molar-refractivity contribution < 1.29 is 38.7 Å². The quantitative estimate of drug-likeness (QED) is 0.126. The van der Waals surface area contributed by atoms with Crippen molar-refractivity contribution in [1.29, 1.82) is 0 Å². The number of likely N-dealkylation sites (N-methyl/N-ethyl adjacent to an activating group) is 1. The number of carbonyl (C=O) groups is 1. The summed E-state index contributed by atoms with van der Waals surface area (Å²) in [6.07, 6.45) is 11.3. The van der Waals surface area contributed by atoms with Crippen LogP contribution >= 0.6 is 0 Å². The molecule has 0 unspecified atom stereocenters. The third-order valence-corrected chi connectivity index (χ3v) is 22.3. The molecule has 7 aliphatic heterocycles. The van der Waals surface area contributed by atoms with Gasteiger partial charge in [0.2, 0.25) is 0 Å². The zero-order valence-corrected chi connectivity index (χ0v) is 73.7. The predicted octanol–water partition coefficient (Wildman–Crippen LogP) is 16.2. The Balaban J connectivity index is 0.000000172. The number of morpholine rings is 3. The van der Waals surface area contributed by atoms with Crippen LogP contribution in [-0.2, 0) is 46.7 Å². The molecule has 7 fully saturated rings. The number of pyridine rings is 3. The standard InChI is InChI=1S/C23H37N3O2.C17H27NO2.C14H22N2O.C14H21NO.2C13H20N2O/c1-6-28-21-17-18(7-8-20(21)23(2,3)4)22(27)26-11-9-19(10-12-26)25-15-13-24(5)14-16-25;1-5-20-16-12-13(6-7-15(16)17(2,3)4)18-10-8-14(19)9-11-18;1-14(2,3)13-5-4-11(10-15-13)16-8-6-12(17)7-9-16;1-14(2,3)12-4-6-13(7-5-12)15-8-10-16-11-9-15;1-13(2,3)12-5-4-11(10-14-12)15-6-8-16-9-7-15;1-13(2,3)11-4-5-12(14-10-11)15-6-8-16-9-7-15/h7-8,17,19H,6,9-16H2,1-5H3;6-7,12,14,19H,5,8-11H2,1-4H3;4-5,10,12,17H,6-9H2,1-3H3;4-7H,8-11H2,1-3H3;2*4-5,10H,6-9H2,1-3H3. The fourth-order valence-corrected chi connectivity index (χ4v) is 14.9. The first-order chi connectivity index (χ1) is 53.4. The van der Waals surface area contributed by atoms with Crippen molar-refractivity contribution in [2.75, 3.05) is 189 Å². The molecule has 2 N–H and O–H groups in total. The van der Waals surface area contributed by atoms with Crippen LogP contribution < -0.4 is 34.0 Å². The first kappa shape index (κ1) is 91.4. The van der Waals surface area contributed by atoms with Crippen LogP contribution in [0, 0.1) is 0 Å². The molecule has 10 heterocycles. The van der Waals surface area contributed by atoms with E-state index in [1.54, 1.807) is 0 Å². The Labute approximate surface area is 682 Å². The molecule has 0 radical (unpaired) electrons. The molecule has 6 aromatic rings. The van der Waals surface area contributed by atoms with Crippen LogP contribution in [0.25, 0.3) is 0 Å². The highest BCUT2D eigenvalue weighted by molar-refractivity contribution is 5.95. The van der Waals surface area contributed by atoms with Crippen LogP contribution in [-0.4, -0.2) is 229 Å². The van der Waals surface area contributed by atoms with Crippen LogP contribution in [0.1, 0.15) is 221 Å². The smallest absolute Gasteiger partial charge is 0.253 e. The minimum Gasteiger partial charge on any atom is -0.494 e. The zero-order chi connectivity index (χ0) is 82.3. The number of aliphatic hydroxyl groups excluding tert-OH is 2. The number of amides is 1. The predicted molar refractivity (Wildman–Crippen MR) is 469 cm³/mol. The van der Waals surface area contributed by atoms with E-state index in [1.165, 1.54) is 39.4 Å². The number of anilines is 5. The van der Waals surface area contributed by atoms with Gasteiger partial charge in [-0.2, -0.15) is 0 Å². The second-order valence-electron chi connectivity index (χ2n) is 37.6. The molecule has 0 bridgehead atoms. The minimum atomic E-state index is -0.133. The van der Waals surface area contributed by atoms with Crippen LogP contribution in [0.15, 0.2) is 116 Å². The SMILES string of the molecule is CC(C)(C)c1ccc(N2CCC(O)CC2)cn1.CC(C)(C)c1ccc(N2CCOCC2)cc1.CC(C)(C)c1ccc(N2CCOCC2)cn1.CC(C)(C)c1ccc(N2CCOCC2)nc1.CCOc1cc(C(=O)N2CCC(N3CCN(C)CC3)CC2)ccc1C(C)(C)C.CCOc1cc(N2CCC(O)CC2)ccc1C(C)(C)C. The van der Waals surface area contributed by atoms with Crippen molar-refractivity contribution in [3.05, 3.63) is 155 Å². The number of aliphatic hydroxyl groups is 2. The van der Waals surface area contributed by atoms with E-state index in [2.05, 4.69) is 266 Å². The van der Waals surface area contributed by atoms with Crippen LogP contribution in [0.3, 0.4) is 0 Å². The highest BCUT2D eigenvalue weighted by Gasteiger charge is 2.32. The van der Waals surface area contributed by atoms with E-state index >= 15 is 0 Å². The van der Waals surface area contributed by atoms with Crippen LogP contribution in [0.4, 0.5) is 28.6 Å². The number of hydrogen-bond donors (Lipinski definition) is 2. The van der Waals surface area contributed by atoms with Gasteiger partial charge in [-0.1, -0.05) is 155 Å². The number of piperazine rings is 1. The van der Waals surface area contributed by atoms with Gasteiger partial charge < -0.3 is 68.2 Å². The second-order valence-corrected chi connectivity index (χ2v) is 37.6. The van der Waals surface area contributed by atoms with Gasteiger partial charge in [-0.3, -0.25) is 19.7 Å². The van der Waals surface area contributed by atoms with Gasteiger partial charge in [-0.05, 0) is 164 Å². The van der Waals surface area contributed by atoms with Crippen molar-refractivity contribution in [2.45, 2.75) is 228 Å².